The van der Waals surface area contributed by atoms with Gasteiger partial charge in [0.05, 0.1) is 6.54 Å². The van der Waals surface area contributed by atoms with Crippen LogP contribution < -0.4 is 0 Å². The highest BCUT2D eigenvalue weighted by Gasteiger charge is 2.14. The molecule has 0 aromatic heterocycles. The van der Waals surface area contributed by atoms with Crippen LogP contribution in [0.3, 0.4) is 0 Å². The predicted octanol–water partition coefficient (Wildman–Crippen LogP) is 2.41. The molecule has 4 heteroatoms. The smallest absolute Gasteiger partial charge is 0.137 e. The second kappa shape index (κ2) is 5.20. The molecule has 0 saturated heterocycles. The summed E-state index contributed by atoms with van der Waals surface area (Å²) in [5, 5.41) is 3.35. The Bertz CT molecular complexity index is 560. The molecule has 84 valence electrons. The van der Waals surface area contributed by atoms with Crippen LogP contribution in [0.4, 0.5) is 0 Å². The molecule has 0 radical (unpaired) electrons. The molecule has 2 rings (SSSR count). The molecule has 0 saturated carbocycles. The highest BCUT2D eigenvalue weighted by Crippen LogP contribution is 2.20. The number of azide groups is 1. The lowest BCUT2D eigenvalue weighted by molar-refractivity contribution is -0.118. The van der Waals surface area contributed by atoms with Gasteiger partial charge in [0, 0.05) is 23.3 Å². The number of nitrogens with zero attached hydrogens (tertiary/aromatic N) is 3. The van der Waals surface area contributed by atoms with Crippen LogP contribution in [0, 0.1) is 11.8 Å². The summed E-state index contributed by atoms with van der Waals surface area (Å²) in [5.74, 6) is 6.03. The van der Waals surface area contributed by atoms with Gasteiger partial charge in [-0.05, 0) is 35.2 Å². The number of carbonyl (C=O) groups is 1. The van der Waals surface area contributed by atoms with E-state index in [1.807, 2.05) is 18.2 Å². The molecular formula is C13H11N3O. The molecule has 0 N–H and O–H groups in total. The van der Waals surface area contributed by atoms with E-state index in [9.17, 15) is 4.79 Å². The molecule has 0 atom stereocenters. The fourth-order valence-corrected chi connectivity index (χ4v) is 1.89. The van der Waals surface area contributed by atoms with Gasteiger partial charge in [-0.2, -0.15) is 0 Å². The van der Waals surface area contributed by atoms with Crippen molar-refractivity contribution < 1.29 is 4.79 Å². The van der Waals surface area contributed by atoms with E-state index >= 15 is 0 Å². The van der Waals surface area contributed by atoms with Gasteiger partial charge in [0.2, 0.25) is 0 Å². The predicted molar refractivity (Wildman–Crippen MR) is 64.4 cm³/mol. The van der Waals surface area contributed by atoms with Crippen molar-refractivity contribution in [3.05, 3.63) is 45.3 Å². The zero-order chi connectivity index (χ0) is 12.1. The lowest BCUT2D eigenvalue weighted by Gasteiger charge is -2.14. The third-order valence-electron chi connectivity index (χ3n) is 2.71. The normalized spacial score (nSPS) is 13.1. The fraction of sp³-hybridized carbons (Fsp3) is 0.308. The Balaban J connectivity index is 2.18. The molecule has 0 unspecified atom stereocenters. The Hall–Kier alpha value is -2.24. The molecule has 1 aliphatic rings. The molecule has 1 aromatic rings. The van der Waals surface area contributed by atoms with Crippen LogP contribution in [-0.2, 0) is 17.6 Å². The summed E-state index contributed by atoms with van der Waals surface area (Å²) in [6, 6.07) is 5.88. The third kappa shape index (κ3) is 2.87. The largest absolute Gasteiger partial charge is 0.299 e. The maximum atomic E-state index is 11.3. The van der Waals surface area contributed by atoms with E-state index in [0.29, 0.717) is 18.6 Å². The monoisotopic (exact) mass is 225 g/mol. The molecule has 0 amide bonds. The summed E-state index contributed by atoms with van der Waals surface area (Å²) in [6.07, 6.45) is 1.98. The number of hydrogen-bond donors (Lipinski definition) is 0. The Morgan fingerprint density at radius 2 is 2.24 bits per heavy atom. The molecule has 0 fully saturated rings. The topological polar surface area (TPSA) is 65.8 Å². The SMILES string of the molecule is [N-]=[N+]=NCC#Cc1ccc2c(c1)CCC(=O)C2. The summed E-state index contributed by atoms with van der Waals surface area (Å²) in [5.41, 5.74) is 11.3. The minimum absolute atomic E-state index is 0.187. The second-order valence-electron chi connectivity index (χ2n) is 3.89. The number of aryl methyl sites for hydroxylation is 1. The molecule has 1 aliphatic carbocycles. The molecule has 0 bridgehead atoms. The van der Waals surface area contributed by atoms with E-state index in [2.05, 4.69) is 21.9 Å². The maximum Gasteiger partial charge on any atom is 0.137 e. The fourth-order valence-electron chi connectivity index (χ4n) is 1.89. The molecule has 4 nitrogen and oxygen atoms in total. The zero-order valence-electron chi connectivity index (χ0n) is 9.31. The second-order valence-corrected chi connectivity index (χ2v) is 3.89. The van der Waals surface area contributed by atoms with Gasteiger partial charge in [-0.1, -0.05) is 23.0 Å². The van der Waals surface area contributed by atoms with Gasteiger partial charge >= 0.3 is 0 Å². The first kappa shape index (κ1) is 11.3. The average Bonchev–Trinajstić information content (AvgIpc) is 2.35. The van der Waals surface area contributed by atoms with E-state index in [1.165, 1.54) is 5.56 Å². The van der Waals surface area contributed by atoms with Crippen LogP contribution in [0.2, 0.25) is 0 Å². The van der Waals surface area contributed by atoms with Crippen LogP contribution in [0.25, 0.3) is 10.4 Å². The summed E-state index contributed by atoms with van der Waals surface area (Å²) >= 11 is 0. The van der Waals surface area contributed by atoms with Crippen LogP contribution >= 0.6 is 0 Å². The number of Topliss-reactive ketones (excluding diaryl/α,β-unsaturated/α-hetero) is 1. The number of benzene rings is 1. The number of carbonyl (C=O) groups excluding carboxylic acids is 1. The van der Waals surface area contributed by atoms with Crippen molar-refractivity contribution in [1.82, 2.24) is 0 Å². The van der Waals surface area contributed by atoms with Gasteiger partial charge in [-0.15, -0.1) is 0 Å². The van der Waals surface area contributed by atoms with Gasteiger partial charge in [-0.25, -0.2) is 0 Å². The molecular weight excluding hydrogens is 214 g/mol. The summed E-state index contributed by atoms with van der Waals surface area (Å²) < 4.78 is 0. The van der Waals surface area contributed by atoms with Crippen molar-refractivity contribution in [2.45, 2.75) is 19.3 Å². The Kier molecular flexibility index (Phi) is 3.44. The van der Waals surface area contributed by atoms with Gasteiger partial charge in [0.15, 0.2) is 0 Å². The van der Waals surface area contributed by atoms with Crippen molar-refractivity contribution in [3.8, 4) is 11.8 Å². The highest BCUT2D eigenvalue weighted by atomic mass is 16.1. The lowest BCUT2D eigenvalue weighted by Crippen LogP contribution is -2.13. The van der Waals surface area contributed by atoms with E-state index in [4.69, 9.17) is 5.53 Å². The van der Waals surface area contributed by atoms with Crippen molar-refractivity contribution in [2.24, 2.45) is 5.11 Å². The van der Waals surface area contributed by atoms with E-state index < -0.39 is 0 Å². The van der Waals surface area contributed by atoms with E-state index in [0.717, 1.165) is 17.5 Å². The minimum atomic E-state index is 0.187. The highest BCUT2D eigenvalue weighted by molar-refractivity contribution is 5.83. The van der Waals surface area contributed by atoms with Crippen LogP contribution in [-0.4, -0.2) is 12.3 Å². The van der Waals surface area contributed by atoms with E-state index in [1.54, 1.807) is 0 Å². The van der Waals surface area contributed by atoms with Crippen molar-refractivity contribution in [1.29, 1.82) is 0 Å². The molecule has 1 aromatic carbocycles. The number of hydrogen-bond acceptors (Lipinski definition) is 2. The Morgan fingerprint density at radius 1 is 1.35 bits per heavy atom. The summed E-state index contributed by atoms with van der Waals surface area (Å²) in [7, 11) is 0. The molecule has 0 heterocycles. The van der Waals surface area contributed by atoms with Crippen molar-refractivity contribution >= 4 is 5.78 Å². The van der Waals surface area contributed by atoms with Crippen molar-refractivity contribution in [2.75, 3.05) is 6.54 Å². The lowest BCUT2D eigenvalue weighted by atomic mass is 9.90. The van der Waals surface area contributed by atoms with Gasteiger partial charge in [-0.3, -0.25) is 4.79 Å². The van der Waals surface area contributed by atoms with Gasteiger partial charge < -0.3 is 0 Å². The standard InChI is InChI=1S/C13H11N3O/c14-16-15-7-1-2-10-3-4-12-9-13(17)6-5-11(12)8-10/h3-4,8H,5-7,9H2. The number of fused-ring (bicyclic) bond motifs is 1. The third-order valence-corrected chi connectivity index (χ3v) is 2.71. The molecule has 0 spiro atoms. The van der Waals surface area contributed by atoms with Gasteiger partial charge in [0.25, 0.3) is 0 Å². The first-order valence-corrected chi connectivity index (χ1v) is 5.43. The average molecular weight is 225 g/mol. The number of rotatable bonds is 1. The first-order valence-electron chi connectivity index (χ1n) is 5.43. The van der Waals surface area contributed by atoms with Gasteiger partial charge in [0.1, 0.15) is 5.78 Å². The quantitative estimate of drug-likeness (QED) is 0.313. The summed E-state index contributed by atoms with van der Waals surface area (Å²) in [6.45, 7) is 0.187. The molecule has 0 aliphatic heterocycles. The maximum absolute atomic E-state index is 11.3. The van der Waals surface area contributed by atoms with Crippen molar-refractivity contribution in [3.63, 3.8) is 0 Å². The van der Waals surface area contributed by atoms with Crippen LogP contribution in [0.5, 0.6) is 0 Å². The summed E-state index contributed by atoms with van der Waals surface area (Å²) in [4.78, 5) is 13.9. The van der Waals surface area contributed by atoms with Crippen LogP contribution in [0.1, 0.15) is 23.1 Å². The minimum Gasteiger partial charge on any atom is -0.299 e. The first-order chi connectivity index (χ1) is 8.29. The zero-order valence-corrected chi connectivity index (χ0v) is 9.31. The Labute approximate surface area is 99.3 Å². The van der Waals surface area contributed by atoms with E-state index in [-0.39, 0.29) is 6.54 Å². The van der Waals surface area contributed by atoms with Crippen LogP contribution in [0.15, 0.2) is 23.3 Å². The Morgan fingerprint density at radius 3 is 3.06 bits per heavy atom. The molecule has 17 heavy (non-hydrogen) atoms. The number of ketones is 1.